The maximum Gasteiger partial charge on any atom is 0.338 e. The first kappa shape index (κ1) is 29.1. The van der Waals surface area contributed by atoms with Crippen LogP contribution in [0.25, 0.3) is 0 Å². The molecule has 1 aromatic rings. The van der Waals surface area contributed by atoms with Gasteiger partial charge in [-0.25, -0.2) is 14.4 Å². The Balaban J connectivity index is 1.94. The smallest absolute Gasteiger partial charge is 0.338 e. The van der Waals surface area contributed by atoms with Crippen LogP contribution in [0.1, 0.15) is 46.2 Å². The van der Waals surface area contributed by atoms with Crippen LogP contribution in [0, 0.1) is 0 Å². The number of piperazine rings is 1. The zero-order valence-corrected chi connectivity index (χ0v) is 23.6. The molecule has 11 nitrogen and oxygen atoms in total. The van der Waals surface area contributed by atoms with E-state index in [0.29, 0.717) is 67.6 Å². The first-order valence-electron chi connectivity index (χ1n) is 13.0. The summed E-state index contributed by atoms with van der Waals surface area (Å²) in [4.78, 5) is 44.7. The molecule has 2 aliphatic heterocycles. The van der Waals surface area contributed by atoms with Gasteiger partial charge >= 0.3 is 18.0 Å². The highest BCUT2D eigenvalue weighted by molar-refractivity contribution is 5.95. The van der Waals surface area contributed by atoms with Crippen molar-refractivity contribution in [3.05, 3.63) is 35.0 Å². The number of esters is 1. The predicted octanol–water partition coefficient (Wildman–Crippen LogP) is 2.73. The average Bonchev–Trinajstić information content (AvgIpc) is 2.87. The molecule has 0 saturated carbocycles. The van der Waals surface area contributed by atoms with E-state index in [2.05, 4.69) is 15.5 Å². The number of amides is 4. The molecule has 210 valence electrons. The maximum atomic E-state index is 13.4. The van der Waals surface area contributed by atoms with Gasteiger partial charge in [0.05, 0.1) is 32.4 Å². The first-order chi connectivity index (χ1) is 18.0. The molecule has 2 N–H and O–H groups in total. The summed E-state index contributed by atoms with van der Waals surface area (Å²) in [5, 5.41) is 5.98. The molecule has 3 rings (SSSR count). The van der Waals surface area contributed by atoms with Crippen molar-refractivity contribution in [2.75, 3.05) is 60.1 Å². The second kappa shape index (κ2) is 12.4. The number of nitrogens with zero attached hydrogens (tertiary/aromatic N) is 3. The van der Waals surface area contributed by atoms with E-state index in [4.69, 9.17) is 14.2 Å². The Hall–Kier alpha value is -3.47. The van der Waals surface area contributed by atoms with Gasteiger partial charge in [-0.15, -0.1) is 0 Å². The Labute approximate surface area is 225 Å². The summed E-state index contributed by atoms with van der Waals surface area (Å²) in [5.41, 5.74) is 1.34. The summed E-state index contributed by atoms with van der Waals surface area (Å²) >= 11 is 0. The number of nitrogens with one attached hydrogen (secondary N) is 2. The van der Waals surface area contributed by atoms with Gasteiger partial charge in [0.1, 0.15) is 0 Å². The van der Waals surface area contributed by atoms with Crippen molar-refractivity contribution >= 4 is 18.0 Å². The minimum absolute atomic E-state index is 0.0932. The number of benzene rings is 1. The van der Waals surface area contributed by atoms with Gasteiger partial charge in [-0.2, -0.15) is 0 Å². The SMILES string of the molecule is CCOC(=O)C1=C(CN2CCN(C(=O)NC(C)(C)C)CC2)N(CC)C(=O)NC1c1ccc(OC)c(OC)c1. The van der Waals surface area contributed by atoms with Crippen molar-refractivity contribution in [1.29, 1.82) is 0 Å². The Morgan fingerprint density at radius 2 is 1.71 bits per heavy atom. The van der Waals surface area contributed by atoms with Crippen LogP contribution in [0.3, 0.4) is 0 Å². The molecule has 1 aromatic carbocycles. The number of hydrogen-bond acceptors (Lipinski definition) is 7. The van der Waals surface area contributed by atoms with E-state index in [0.717, 1.165) is 0 Å². The van der Waals surface area contributed by atoms with E-state index in [-0.39, 0.29) is 24.2 Å². The molecule has 0 aliphatic carbocycles. The zero-order chi connectivity index (χ0) is 28.0. The van der Waals surface area contributed by atoms with Gasteiger partial charge in [-0.3, -0.25) is 9.80 Å². The quantitative estimate of drug-likeness (QED) is 0.496. The van der Waals surface area contributed by atoms with E-state index in [1.54, 1.807) is 42.0 Å². The maximum absolute atomic E-state index is 13.4. The summed E-state index contributed by atoms with van der Waals surface area (Å²) in [7, 11) is 3.09. The number of carbonyl (C=O) groups excluding carboxylic acids is 3. The van der Waals surface area contributed by atoms with Crippen molar-refractivity contribution in [2.45, 2.75) is 46.2 Å². The summed E-state index contributed by atoms with van der Waals surface area (Å²) in [6.07, 6.45) is 0. The third-order valence-electron chi connectivity index (χ3n) is 6.51. The molecule has 1 unspecified atom stereocenters. The van der Waals surface area contributed by atoms with Crippen LogP contribution in [-0.2, 0) is 9.53 Å². The van der Waals surface area contributed by atoms with Crippen molar-refractivity contribution in [2.24, 2.45) is 0 Å². The second-order valence-corrected chi connectivity index (χ2v) is 10.3. The molecule has 0 aromatic heterocycles. The van der Waals surface area contributed by atoms with Crippen molar-refractivity contribution in [3.8, 4) is 11.5 Å². The van der Waals surface area contributed by atoms with Gasteiger partial charge in [0.15, 0.2) is 11.5 Å². The van der Waals surface area contributed by atoms with E-state index in [9.17, 15) is 14.4 Å². The number of carbonyl (C=O) groups is 3. The molecule has 4 amide bonds. The fourth-order valence-electron chi connectivity index (χ4n) is 4.66. The number of urea groups is 2. The molecule has 11 heteroatoms. The van der Waals surface area contributed by atoms with Gasteiger partial charge in [-0.1, -0.05) is 6.07 Å². The van der Waals surface area contributed by atoms with Crippen LogP contribution in [0.4, 0.5) is 9.59 Å². The summed E-state index contributed by atoms with van der Waals surface area (Å²) in [6, 6.07) is 4.20. The zero-order valence-electron chi connectivity index (χ0n) is 23.6. The fraction of sp³-hybridized carbons (Fsp3) is 0.593. The lowest BCUT2D eigenvalue weighted by Gasteiger charge is -2.40. The summed E-state index contributed by atoms with van der Waals surface area (Å²) < 4.78 is 16.3. The normalized spacial score (nSPS) is 18.7. The number of methoxy groups -OCH3 is 2. The van der Waals surface area contributed by atoms with E-state index in [1.807, 2.05) is 27.7 Å². The Morgan fingerprint density at radius 1 is 1.05 bits per heavy atom. The molecular weight excluding hydrogens is 490 g/mol. The lowest BCUT2D eigenvalue weighted by molar-refractivity contribution is -0.139. The third kappa shape index (κ3) is 6.69. The fourth-order valence-corrected chi connectivity index (χ4v) is 4.66. The van der Waals surface area contributed by atoms with Crippen LogP contribution in [0.15, 0.2) is 29.5 Å². The van der Waals surface area contributed by atoms with Gasteiger partial charge in [0.25, 0.3) is 0 Å². The van der Waals surface area contributed by atoms with Crippen LogP contribution in [-0.4, -0.2) is 98.4 Å². The molecule has 0 bridgehead atoms. The number of hydrogen-bond donors (Lipinski definition) is 2. The molecule has 0 radical (unpaired) electrons. The number of rotatable bonds is 8. The van der Waals surface area contributed by atoms with Crippen LogP contribution in [0.2, 0.25) is 0 Å². The minimum atomic E-state index is -0.724. The van der Waals surface area contributed by atoms with Crippen molar-refractivity contribution < 1.29 is 28.6 Å². The highest BCUT2D eigenvalue weighted by Gasteiger charge is 2.39. The van der Waals surface area contributed by atoms with Crippen LogP contribution >= 0.6 is 0 Å². The number of likely N-dealkylation sites (N-methyl/N-ethyl adjacent to an activating group) is 1. The highest BCUT2D eigenvalue weighted by atomic mass is 16.5. The monoisotopic (exact) mass is 531 g/mol. The predicted molar refractivity (Wildman–Crippen MR) is 143 cm³/mol. The van der Waals surface area contributed by atoms with E-state index < -0.39 is 12.0 Å². The average molecular weight is 532 g/mol. The summed E-state index contributed by atoms with van der Waals surface area (Å²) in [6.45, 7) is 12.7. The topological polar surface area (TPSA) is 113 Å². The van der Waals surface area contributed by atoms with E-state index in [1.165, 1.54) is 7.11 Å². The standard InChI is InChI=1S/C27H41N5O6/c1-8-32-19(17-30-12-14-31(15-13-30)26(35)29-27(3,4)5)22(24(33)38-9-2)23(28-25(32)34)18-10-11-20(36-6)21(16-18)37-7/h10-11,16,23H,8-9,12-15,17H2,1-7H3,(H,28,34)(H,29,35). The van der Waals surface area contributed by atoms with Gasteiger partial charge in [0, 0.05) is 50.5 Å². The van der Waals surface area contributed by atoms with Gasteiger partial charge < -0.3 is 29.7 Å². The van der Waals surface area contributed by atoms with Crippen molar-refractivity contribution in [1.82, 2.24) is 25.3 Å². The molecule has 2 heterocycles. The number of ether oxygens (including phenoxy) is 3. The molecule has 2 aliphatic rings. The van der Waals surface area contributed by atoms with Crippen LogP contribution in [0.5, 0.6) is 11.5 Å². The molecule has 0 spiro atoms. The van der Waals surface area contributed by atoms with Crippen LogP contribution < -0.4 is 20.1 Å². The largest absolute Gasteiger partial charge is 0.493 e. The highest BCUT2D eigenvalue weighted by Crippen LogP contribution is 2.36. The van der Waals surface area contributed by atoms with Crippen molar-refractivity contribution in [3.63, 3.8) is 0 Å². The molecule has 1 fully saturated rings. The molecule has 1 saturated heterocycles. The molecule has 38 heavy (non-hydrogen) atoms. The van der Waals surface area contributed by atoms with Gasteiger partial charge in [-0.05, 0) is 52.3 Å². The first-order valence-corrected chi connectivity index (χ1v) is 13.0. The Morgan fingerprint density at radius 3 is 2.26 bits per heavy atom. The third-order valence-corrected chi connectivity index (χ3v) is 6.51. The molecular formula is C27H41N5O6. The van der Waals surface area contributed by atoms with E-state index >= 15 is 0 Å². The molecule has 1 atom stereocenters. The lowest BCUT2D eigenvalue weighted by Crippen LogP contribution is -2.56. The van der Waals surface area contributed by atoms with Gasteiger partial charge in [0.2, 0.25) is 0 Å². The minimum Gasteiger partial charge on any atom is -0.493 e. The lowest BCUT2D eigenvalue weighted by atomic mass is 9.93. The Bertz CT molecular complexity index is 1060. The second-order valence-electron chi connectivity index (χ2n) is 10.3. The summed E-state index contributed by atoms with van der Waals surface area (Å²) in [5.74, 6) is 0.555. The Kier molecular flexibility index (Phi) is 9.48.